The zero-order chi connectivity index (χ0) is 9.84. The Bertz CT molecular complexity index is 332. The molecule has 0 aliphatic rings. The van der Waals surface area contributed by atoms with E-state index in [-0.39, 0.29) is 11.1 Å². The van der Waals surface area contributed by atoms with Crippen LogP contribution in [-0.4, -0.2) is 8.76 Å². The summed E-state index contributed by atoms with van der Waals surface area (Å²) in [5.41, 5.74) is 0.448. The second kappa shape index (κ2) is 4.80. The Labute approximate surface area is 85.5 Å². The Morgan fingerprint density at radius 1 is 1.62 bits per heavy atom. The van der Waals surface area contributed by atoms with Crippen LogP contribution in [0.3, 0.4) is 0 Å². The van der Waals surface area contributed by atoms with Crippen molar-refractivity contribution in [3.05, 3.63) is 34.1 Å². The van der Waals surface area contributed by atoms with E-state index in [0.29, 0.717) is 5.56 Å². The summed E-state index contributed by atoms with van der Waals surface area (Å²) in [4.78, 5) is 0. The van der Waals surface area contributed by atoms with Crippen molar-refractivity contribution < 1.29 is 17.3 Å². The first kappa shape index (κ1) is 10.8. The van der Waals surface area contributed by atoms with Gasteiger partial charge in [-0.15, -0.1) is 0 Å². The van der Waals surface area contributed by atoms with Crippen molar-refractivity contribution in [2.24, 2.45) is 0 Å². The van der Waals surface area contributed by atoms with E-state index in [4.69, 9.17) is 0 Å². The third-order valence-electron chi connectivity index (χ3n) is 1.34. The highest BCUT2D eigenvalue weighted by Crippen LogP contribution is 2.20. The van der Waals surface area contributed by atoms with Crippen LogP contribution in [0, 0.1) is 5.82 Å². The van der Waals surface area contributed by atoms with Crippen molar-refractivity contribution in [1.29, 1.82) is 0 Å². The molecule has 3 nitrogen and oxygen atoms in total. The summed E-state index contributed by atoms with van der Waals surface area (Å²) in [6, 6.07) is 4.31. The molecule has 0 aromatic heterocycles. The smallest absolute Gasteiger partial charge is 0.137 e. The standard InChI is InChI=1S/C7H6BrFO3S/c8-7-5(4-12-13(10)11)2-1-3-6(7)9/h1-3H,4H2,(H,10,11)/p-1. The molecule has 72 valence electrons. The molecule has 0 radical (unpaired) electrons. The monoisotopic (exact) mass is 267 g/mol. The number of hydrogen-bond donors (Lipinski definition) is 0. The van der Waals surface area contributed by atoms with Crippen LogP contribution in [0.5, 0.6) is 0 Å². The van der Waals surface area contributed by atoms with E-state index in [1.807, 2.05) is 0 Å². The summed E-state index contributed by atoms with van der Waals surface area (Å²) >= 11 is 0.400. The predicted octanol–water partition coefficient (Wildman–Crippen LogP) is 1.90. The van der Waals surface area contributed by atoms with Gasteiger partial charge >= 0.3 is 0 Å². The first-order valence-corrected chi connectivity index (χ1v) is 5.06. The number of hydrogen-bond acceptors (Lipinski definition) is 3. The fourth-order valence-corrected chi connectivity index (χ4v) is 1.37. The molecule has 0 heterocycles. The fraction of sp³-hybridized carbons (Fsp3) is 0.143. The first-order chi connectivity index (χ1) is 6.11. The molecule has 0 N–H and O–H groups in total. The van der Waals surface area contributed by atoms with E-state index in [0.717, 1.165) is 0 Å². The van der Waals surface area contributed by atoms with E-state index >= 15 is 0 Å². The molecule has 13 heavy (non-hydrogen) atoms. The lowest BCUT2D eigenvalue weighted by Gasteiger charge is -2.07. The van der Waals surface area contributed by atoms with Gasteiger partial charge in [-0.1, -0.05) is 12.1 Å². The second-order valence-electron chi connectivity index (χ2n) is 2.18. The predicted molar refractivity (Wildman–Crippen MR) is 47.8 cm³/mol. The molecule has 0 amide bonds. The van der Waals surface area contributed by atoms with E-state index in [1.54, 1.807) is 6.07 Å². The topological polar surface area (TPSA) is 49.4 Å². The molecular weight excluding hydrogens is 263 g/mol. The highest BCUT2D eigenvalue weighted by atomic mass is 79.9. The van der Waals surface area contributed by atoms with Crippen molar-refractivity contribution in [3.8, 4) is 0 Å². The maximum atomic E-state index is 12.8. The van der Waals surface area contributed by atoms with Gasteiger partial charge in [-0.3, -0.25) is 4.18 Å². The first-order valence-electron chi connectivity index (χ1n) is 3.26. The summed E-state index contributed by atoms with van der Waals surface area (Å²) in [7, 11) is 0. The Morgan fingerprint density at radius 2 is 2.31 bits per heavy atom. The molecule has 0 saturated heterocycles. The van der Waals surface area contributed by atoms with Crippen LogP contribution in [0.15, 0.2) is 22.7 Å². The van der Waals surface area contributed by atoms with Gasteiger partial charge in [0, 0.05) is 0 Å². The summed E-state index contributed by atoms with van der Waals surface area (Å²) in [6.45, 7) is -0.172. The van der Waals surface area contributed by atoms with Crippen molar-refractivity contribution in [3.63, 3.8) is 0 Å². The van der Waals surface area contributed by atoms with Crippen LogP contribution >= 0.6 is 15.9 Å². The molecule has 0 spiro atoms. The Kier molecular flexibility index (Phi) is 3.98. The maximum Gasteiger partial charge on any atom is 0.137 e. The largest absolute Gasteiger partial charge is 0.750 e. The summed E-state index contributed by atoms with van der Waals surface area (Å²) in [5, 5.41) is 0. The molecule has 1 unspecified atom stereocenters. The molecular formula is C7H5BrFO3S-. The highest BCUT2D eigenvalue weighted by Gasteiger charge is 2.04. The molecule has 1 aromatic rings. The minimum absolute atomic E-state index is 0.172. The number of benzene rings is 1. The highest BCUT2D eigenvalue weighted by molar-refractivity contribution is 9.10. The third-order valence-corrected chi connectivity index (χ3v) is 2.54. The molecule has 0 aliphatic heterocycles. The molecule has 1 rings (SSSR count). The minimum atomic E-state index is -2.57. The average Bonchev–Trinajstić information content (AvgIpc) is 2.07. The van der Waals surface area contributed by atoms with Crippen molar-refractivity contribution in [2.75, 3.05) is 0 Å². The van der Waals surface area contributed by atoms with Gasteiger partial charge in [0.05, 0.1) is 22.4 Å². The zero-order valence-electron chi connectivity index (χ0n) is 6.33. The van der Waals surface area contributed by atoms with Crippen molar-refractivity contribution in [2.45, 2.75) is 6.61 Å². The third kappa shape index (κ3) is 3.15. The van der Waals surface area contributed by atoms with Gasteiger partial charge in [0.2, 0.25) is 0 Å². The molecule has 6 heteroatoms. The summed E-state index contributed by atoms with van der Waals surface area (Å²) in [6.07, 6.45) is 0. The summed E-state index contributed by atoms with van der Waals surface area (Å²) < 4.78 is 37.4. The van der Waals surface area contributed by atoms with Gasteiger partial charge in [0.15, 0.2) is 0 Å². The second-order valence-corrected chi connectivity index (χ2v) is 3.62. The van der Waals surface area contributed by atoms with Gasteiger partial charge in [-0.2, -0.15) is 0 Å². The van der Waals surface area contributed by atoms with Crippen LogP contribution in [-0.2, 0) is 22.2 Å². The van der Waals surface area contributed by atoms with Gasteiger partial charge in [0.25, 0.3) is 0 Å². The molecule has 0 fully saturated rings. The van der Waals surface area contributed by atoms with E-state index in [9.17, 15) is 13.2 Å². The van der Waals surface area contributed by atoms with Gasteiger partial charge in [-0.05, 0) is 27.6 Å². The molecule has 1 atom stereocenters. The van der Waals surface area contributed by atoms with Crippen LogP contribution in [0.25, 0.3) is 0 Å². The maximum absolute atomic E-state index is 12.8. The molecule has 0 aliphatic carbocycles. The average molecular weight is 268 g/mol. The van der Waals surface area contributed by atoms with Gasteiger partial charge in [0.1, 0.15) is 5.82 Å². The van der Waals surface area contributed by atoms with Crippen LogP contribution in [0.2, 0.25) is 0 Å². The van der Waals surface area contributed by atoms with Gasteiger partial charge < -0.3 is 4.55 Å². The minimum Gasteiger partial charge on any atom is -0.750 e. The number of halogens is 2. The molecule has 1 aromatic carbocycles. The quantitative estimate of drug-likeness (QED) is 0.786. The Balaban J connectivity index is 2.77. The van der Waals surface area contributed by atoms with Crippen LogP contribution in [0.1, 0.15) is 5.56 Å². The van der Waals surface area contributed by atoms with Crippen LogP contribution < -0.4 is 0 Å². The molecule has 0 saturated carbocycles. The van der Waals surface area contributed by atoms with E-state index < -0.39 is 17.2 Å². The SMILES string of the molecule is O=S([O-])OCc1cccc(F)c1Br. The van der Waals surface area contributed by atoms with Crippen molar-refractivity contribution in [1.82, 2.24) is 0 Å². The fourth-order valence-electron chi connectivity index (χ4n) is 0.772. The number of rotatable bonds is 3. The lowest BCUT2D eigenvalue weighted by atomic mass is 10.2. The van der Waals surface area contributed by atoms with Crippen LogP contribution in [0.4, 0.5) is 4.39 Å². The summed E-state index contributed by atoms with van der Waals surface area (Å²) in [5.74, 6) is -0.446. The Morgan fingerprint density at radius 3 is 2.92 bits per heavy atom. The van der Waals surface area contributed by atoms with E-state index in [1.165, 1.54) is 12.1 Å². The lowest BCUT2D eigenvalue weighted by Crippen LogP contribution is -1.97. The van der Waals surface area contributed by atoms with E-state index in [2.05, 4.69) is 20.1 Å². The van der Waals surface area contributed by atoms with Crippen molar-refractivity contribution >= 4 is 27.3 Å². The Hall–Kier alpha value is -0.300. The normalized spacial score (nSPS) is 12.8. The zero-order valence-corrected chi connectivity index (χ0v) is 8.73. The van der Waals surface area contributed by atoms with Gasteiger partial charge in [-0.25, -0.2) is 8.60 Å². The molecule has 0 bridgehead atoms. The lowest BCUT2D eigenvalue weighted by molar-refractivity contribution is 0.290.